The predicted molar refractivity (Wildman–Crippen MR) is 105 cm³/mol. The number of rotatable bonds is 4. The van der Waals surface area contributed by atoms with Crippen LogP contribution in [0.4, 0.5) is 15.8 Å². The number of hydrogen-bond donors (Lipinski definition) is 1. The summed E-state index contributed by atoms with van der Waals surface area (Å²) in [7, 11) is 0. The molecular weight excluding hydrogens is 383 g/mol. The maximum atomic E-state index is 13.7. The van der Waals surface area contributed by atoms with E-state index in [2.05, 4.69) is 10.2 Å². The van der Waals surface area contributed by atoms with E-state index in [1.807, 2.05) is 6.07 Å². The zero-order valence-electron chi connectivity index (χ0n) is 15.2. The van der Waals surface area contributed by atoms with E-state index in [1.165, 1.54) is 6.07 Å². The Morgan fingerprint density at radius 3 is 2.75 bits per heavy atom. The number of anilines is 2. The first kappa shape index (κ1) is 18.7. The maximum Gasteiger partial charge on any atom is 0.315 e. The third-order valence-electron chi connectivity index (χ3n) is 5.27. The molecule has 0 aromatic heterocycles. The number of benzene rings is 2. The lowest BCUT2D eigenvalue weighted by Gasteiger charge is -2.33. The van der Waals surface area contributed by atoms with Crippen LogP contribution in [-0.2, 0) is 16.0 Å². The van der Waals surface area contributed by atoms with Crippen LogP contribution in [0.3, 0.4) is 0 Å². The summed E-state index contributed by atoms with van der Waals surface area (Å²) in [5.41, 5.74) is 2.29. The highest BCUT2D eigenvalue weighted by molar-refractivity contribution is 6.30. The highest BCUT2D eigenvalue weighted by Gasteiger charge is 2.23. The largest absolute Gasteiger partial charge is 0.426 e. The summed E-state index contributed by atoms with van der Waals surface area (Å²) in [6.07, 6.45) is 2.43. The van der Waals surface area contributed by atoms with Gasteiger partial charge in [-0.2, -0.15) is 0 Å². The average molecular weight is 403 g/mol. The normalized spacial score (nSPS) is 16.6. The minimum Gasteiger partial charge on any atom is -0.426 e. The molecule has 0 atom stereocenters. The van der Waals surface area contributed by atoms with Gasteiger partial charge in [-0.25, -0.2) is 4.39 Å². The van der Waals surface area contributed by atoms with Gasteiger partial charge in [0.2, 0.25) is 5.91 Å². The Labute approximate surface area is 167 Å². The summed E-state index contributed by atoms with van der Waals surface area (Å²) in [6, 6.07) is 10.1. The quantitative estimate of drug-likeness (QED) is 0.615. The molecule has 0 spiro atoms. The summed E-state index contributed by atoms with van der Waals surface area (Å²) >= 11 is 5.74. The molecule has 0 radical (unpaired) electrons. The molecule has 1 saturated heterocycles. The van der Waals surface area contributed by atoms with Crippen molar-refractivity contribution in [1.82, 2.24) is 0 Å². The van der Waals surface area contributed by atoms with Gasteiger partial charge in [0.25, 0.3) is 0 Å². The molecule has 1 N–H and O–H groups in total. The molecule has 4 rings (SSSR count). The lowest BCUT2D eigenvalue weighted by molar-refractivity contribution is -0.131. The van der Waals surface area contributed by atoms with Crippen molar-refractivity contribution in [2.75, 3.05) is 23.3 Å². The topological polar surface area (TPSA) is 58.6 Å². The molecule has 2 aliphatic heterocycles. The summed E-state index contributed by atoms with van der Waals surface area (Å²) in [4.78, 5) is 25.8. The first-order valence-electron chi connectivity index (χ1n) is 9.31. The zero-order valence-corrected chi connectivity index (χ0v) is 16.0. The van der Waals surface area contributed by atoms with Crippen LogP contribution >= 0.6 is 11.6 Å². The summed E-state index contributed by atoms with van der Waals surface area (Å²) in [6.45, 7) is 1.54. The summed E-state index contributed by atoms with van der Waals surface area (Å²) in [5.74, 6) is 0.0544. The second-order valence-electron chi connectivity index (χ2n) is 7.25. The number of fused-ring (bicyclic) bond motifs is 1. The van der Waals surface area contributed by atoms with E-state index < -0.39 is 5.82 Å². The fourth-order valence-corrected chi connectivity index (χ4v) is 3.86. The number of piperidine rings is 1. The highest BCUT2D eigenvalue weighted by Crippen LogP contribution is 2.30. The van der Waals surface area contributed by atoms with Crippen LogP contribution < -0.4 is 15.0 Å². The number of hydrogen-bond acceptors (Lipinski definition) is 4. The zero-order chi connectivity index (χ0) is 19.7. The van der Waals surface area contributed by atoms with Gasteiger partial charge in [0, 0.05) is 42.5 Å². The molecule has 2 aliphatic rings. The van der Waals surface area contributed by atoms with E-state index in [9.17, 15) is 14.0 Å². The molecule has 2 aromatic rings. The van der Waals surface area contributed by atoms with E-state index in [0.717, 1.165) is 37.2 Å². The Bertz CT molecular complexity index is 926. The van der Waals surface area contributed by atoms with Crippen LogP contribution in [0.2, 0.25) is 5.02 Å². The lowest BCUT2D eigenvalue weighted by Crippen LogP contribution is -2.35. The molecule has 0 aliphatic carbocycles. The number of esters is 1. The van der Waals surface area contributed by atoms with Crippen LogP contribution in [0, 0.1) is 11.7 Å². The molecular formula is C21H20ClFN2O3. The molecule has 0 bridgehead atoms. The maximum absolute atomic E-state index is 13.7. The minimum absolute atomic E-state index is 0.0553. The number of nitrogens with one attached hydrogen (secondary N) is 1. The van der Waals surface area contributed by atoms with Crippen molar-refractivity contribution in [2.45, 2.75) is 25.7 Å². The van der Waals surface area contributed by atoms with Gasteiger partial charge in [0.1, 0.15) is 11.6 Å². The Balaban J connectivity index is 1.29. The van der Waals surface area contributed by atoms with Crippen molar-refractivity contribution >= 4 is 34.9 Å². The van der Waals surface area contributed by atoms with Crippen molar-refractivity contribution in [3.05, 3.63) is 52.8 Å². The fourth-order valence-electron chi connectivity index (χ4n) is 3.74. The lowest BCUT2D eigenvalue weighted by atomic mass is 9.93. The van der Waals surface area contributed by atoms with Crippen molar-refractivity contribution < 1.29 is 18.7 Å². The summed E-state index contributed by atoms with van der Waals surface area (Å²) in [5, 5.41) is 3.00. The fraction of sp³-hybridized carbons (Fsp3) is 0.333. The Hall–Kier alpha value is -2.60. The van der Waals surface area contributed by atoms with Gasteiger partial charge in [-0.3, -0.25) is 9.59 Å². The van der Waals surface area contributed by atoms with E-state index in [4.69, 9.17) is 16.3 Å². The van der Waals surface area contributed by atoms with E-state index in [1.54, 1.807) is 24.3 Å². The molecule has 2 heterocycles. The molecule has 0 unspecified atom stereocenters. The van der Waals surface area contributed by atoms with Crippen molar-refractivity contribution in [2.24, 2.45) is 5.92 Å². The monoisotopic (exact) mass is 402 g/mol. The number of halogens is 2. The average Bonchev–Trinajstić information content (AvgIpc) is 3.04. The number of carbonyl (C=O) groups excluding carboxylic acids is 2. The number of nitrogens with zero attached hydrogens (tertiary/aromatic N) is 1. The predicted octanol–water partition coefficient (Wildman–Crippen LogP) is 4.19. The SMILES string of the molecule is O=C(CC1CCN(c2ccc(Cl)c(F)c2)CC1)Nc1ccc2c(c1)OC(=O)C2. The molecule has 28 heavy (non-hydrogen) atoms. The smallest absolute Gasteiger partial charge is 0.315 e. The molecule has 7 heteroatoms. The second kappa shape index (κ2) is 7.80. The van der Waals surface area contributed by atoms with E-state index >= 15 is 0 Å². The molecule has 2 aromatic carbocycles. The molecule has 146 valence electrons. The molecule has 0 saturated carbocycles. The van der Waals surface area contributed by atoms with Crippen molar-refractivity contribution in [1.29, 1.82) is 0 Å². The van der Waals surface area contributed by atoms with Gasteiger partial charge >= 0.3 is 5.97 Å². The van der Waals surface area contributed by atoms with Crippen molar-refractivity contribution in [3.63, 3.8) is 0 Å². The van der Waals surface area contributed by atoms with Crippen LogP contribution in [0.1, 0.15) is 24.8 Å². The van der Waals surface area contributed by atoms with Gasteiger partial charge in [0.15, 0.2) is 0 Å². The first-order chi connectivity index (χ1) is 13.5. The van der Waals surface area contributed by atoms with Gasteiger partial charge in [-0.1, -0.05) is 17.7 Å². The third-order valence-corrected chi connectivity index (χ3v) is 5.57. The Morgan fingerprint density at radius 1 is 1.21 bits per heavy atom. The Kier molecular flexibility index (Phi) is 5.22. The molecule has 1 fully saturated rings. The molecule has 1 amide bonds. The van der Waals surface area contributed by atoms with Crippen LogP contribution in [0.15, 0.2) is 36.4 Å². The van der Waals surface area contributed by atoms with Crippen molar-refractivity contribution in [3.8, 4) is 5.75 Å². The van der Waals surface area contributed by atoms with E-state index in [0.29, 0.717) is 17.9 Å². The third kappa shape index (κ3) is 4.12. The summed E-state index contributed by atoms with van der Waals surface area (Å²) < 4.78 is 18.8. The van der Waals surface area contributed by atoms with Crippen LogP contribution in [0.5, 0.6) is 5.75 Å². The second-order valence-corrected chi connectivity index (χ2v) is 7.66. The highest BCUT2D eigenvalue weighted by atomic mass is 35.5. The van der Waals surface area contributed by atoms with Gasteiger partial charge in [-0.15, -0.1) is 0 Å². The number of carbonyl (C=O) groups is 2. The number of amides is 1. The standard InChI is InChI=1S/C21H20ClFN2O3/c22-17-4-3-16(12-18(17)23)25-7-5-13(6-8-25)9-20(26)24-15-2-1-14-10-21(27)28-19(14)11-15/h1-4,11-13H,5-10H2,(H,24,26). The van der Waals surface area contributed by atoms with Gasteiger partial charge in [0.05, 0.1) is 11.4 Å². The van der Waals surface area contributed by atoms with Gasteiger partial charge < -0.3 is 15.0 Å². The molecule has 5 nitrogen and oxygen atoms in total. The minimum atomic E-state index is -0.416. The van der Waals surface area contributed by atoms with Crippen LogP contribution in [0.25, 0.3) is 0 Å². The van der Waals surface area contributed by atoms with E-state index in [-0.39, 0.29) is 29.2 Å². The Morgan fingerprint density at radius 2 is 2.00 bits per heavy atom. The van der Waals surface area contributed by atoms with Gasteiger partial charge in [-0.05, 0) is 43.0 Å². The number of ether oxygens (including phenoxy) is 1. The first-order valence-corrected chi connectivity index (χ1v) is 9.69. The van der Waals surface area contributed by atoms with Crippen LogP contribution in [-0.4, -0.2) is 25.0 Å².